The molecule has 0 aromatic heterocycles. The van der Waals surface area contributed by atoms with Gasteiger partial charge in [0.15, 0.2) is 12.2 Å². The van der Waals surface area contributed by atoms with Crippen molar-refractivity contribution in [1.82, 2.24) is 0 Å². The summed E-state index contributed by atoms with van der Waals surface area (Å²) in [5, 5.41) is -1.24. The Hall–Kier alpha value is -1.22. The maximum atomic E-state index is 11.6. The minimum atomic E-state index is -0.638. The fraction of sp³-hybridized carbons (Fsp3) is 0.778. The summed E-state index contributed by atoms with van der Waals surface area (Å²) in [6.45, 7) is 8.20. The first kappa shape index (κ1) is 26.8. The lowest BCUT2D eigenvalue weighted by molar-refractivity contribution is -0.156. The van der Waals surface area contributed by atoms with Crippen LogP contribution in [-0.2, 0) is 38.1 Å². The van der Waals surface area contributed by atoms with Crippen LogP contribution in [0.2, 0.25) is 0 Å². The predicted octanol–water partition coefficient (Wildman–Crippen LogP) is 2.75. The molecule has 10 heteroatoms. The zero-order valence-corrected chi connectivity index (χ0v) is 18.1. The quantitative estimate of drug-likeness (QED) is 0.417. The Morgan fingerprint density at radius 2 is 1.04 bits per heavy atom. The second-order valence-electron chi connectivity index (χ2n) is 5.36. The molecule has 2 aliphatic heterocycles. The number of esters is 2. The Bertz CT molecular complexity index is 480. The van der Waals surface area contributed by atoms with Gasteiger partial charge in [-0.25, -0.2) is 0 Å². The summed E-state index contributed by atoms with van der Waals surface area (Å²) in [6.07, 6.45) is -2.84. The molecule has 2 fully saturated rings. The molecule has 0 aromatic rings. The smallest absolute Gasteiger partial charge is 0.306 e. The van der Waals surface area contributed by atoms with Crippen LogP contribution in [-0.4, -0.2) is 60.1 Å². The van der Waals surface area contributed by atoms with E-state index >= 15 is 0 Å². The Balaban J connectivity index is 0.00000171. The van der Waals surface area contributed by atoms with Crippen LogP contribution in [0.5, 0.6) is 0 Å². The zero-order chi connectivity index (χ0) is 21.7. The van der Waals surface area contributed by atoms with E-state index in [4.69, 9.17) is 42.1 Å². The number of hydrogen-bond acceptors (Lipinski definition) is 8. The molecule has 0 spiro atoms. The molecule has 162 valence electrons. The molecule has 0 amide bonds. The minimum absolute atomic E-state index is 0.101. The van der Waals surface area contributed by atoms with Crippen molar-refractivity contribution in [2.24, 2.45) is 0 Å². The molecule has 0 radical (unpaired) electrons. The van der Waals surface area contributed by atoms with Crippen LogP contribution in [0, 0.1) is 0 Å². The summed E-state index contributed by atoms with van der Waals surface area (Å²) in [5.41, 5.74) is 0. The molecule has 0 N–H and O–H groups in total. The third kappa shape index (κ3) is 9.32. The molecule has 2 rings (SSSR count). The van der Waals surface area contributed by atoms with E-state index in [0.29, 0.717) is 0 Å². The van der Waals surface area contributed by atoms with Gasteiger partial charge in [0.25, 0.3) is 0 Å². The highest BCUT2D eigenvalue weighted by atomic mass is 35.5. The van der Waals surface area contributed by atoms with Gasteiger partial charge < -0.3 is 18.9 Å². The number of ether oxygens (including phenoxy) is 4. The van der Waals surface area contributed by atoms with Crippen molar-refractivity contribution in [2.75, 3.05) is 13.2 Å². The van der Waals surface area contributed by atoms with E-state index in [1.165, 1.54) is 0 Å². The zero-order valence-electron chi connectivity index (χ0n) is 16.6. The first-order chi connectivity index (χ1) is 13.4. The van der Waals surface area contributed by atoms with Crippen molar-refractivity contribution in [3.8, 4) is 0 Å². The number of carbonyl (C=O) groups excluding carboxylic acids is 4. The van der Waals surface area contributed by atoms with Crippen LogP contribution in [0.3, 0.4) is 0 Å². The summed E-state index contributed by atoms with van der Waals surface area (Å²) < 4.78 is 21.4. The predicted molar refractivity (Wildman–Crippen MR) is 102 cm³/mol. The van der Waals surface area contributed by atoms with E-state index in [-0.39, 0.29) is 38.9 Å². The van der Waals surface area contributed by atoms with Crippen molar-refractivity contribution in [1.29, 1.82) is 0 Å². The topological polar surface area (TPSA) is 105 Å². The Morgan fingerprint density at radius 1 is 0.714 bits per heavy atom. The molecular formula is C18H28Cl2O8. The summed E-state index contributed by atoms with van der Waals surface area (Å²) in [6, 6.07) is 0. The molecular weight excluding hydrogens is 415 g/mol. The summed E-state index contributed by atoms with van der Waals surface area (Å²) in [4.78, 5) is 44.5. The average Bonchev–Trinajstić information content (AvgIpc) is 3.25. The lowest BCUT2D eigenvalue weighted by Crippen LogP contribution is -2.36. The molecule has 8 nitrogen and oxygen atoms in total. The van der Waals surface area contributed by atoms with Crippen LogP contribution in [0.25, 0.3) is 0 Å². The maximum Gasteiger partial charge on any atom is 0.306 e. The standard InChI is InChI=1S/C14H16Cl2O8.2C2H6/c15-9(17)1-3-11(19)23-7-5-21-14-8(6-22-13(7)14)24-12(20)4-2-10(16)18;2*1-2/h7-8,13-14H,1-6H2;2*1-2H3/t7-,8-,13+,14+;;/m0../s1. The third-order valence-electron chi connectivity index (χ3n) is 3.58. The second kappa shape index (κ2) is 14.7. The van der Waals surface area contributed by atoms with E-state index in [1.807, 2.05) is 27.7 Å². The van der Waals surface area contributed by atoms with Gasteiger partial charge in [-0.3, -0.25) is 19.2 Å². The van der Waals surface area contributed by atoms with Crippen LogP contribution in [0.1, 0.15) is 53.4 Å². The molecule has 2 heterocycles. The van der Waals surface area contributed by atoms with E-state index in [2.05, 4.69) is 0 Å². The average molecular weight is 443 g/mol. The number of carbonyl (C=O) groups is 4. The van der Waals surface area contributed by atoms with Gasteiger partial charge in [0, 0.05) is 12.8 Å². The lowest BCUT2D eigenvalue weighted by Gasteiger charge is -2.17. The van der Waals surface area contributed by atoms with Gasteiger partial charge in [-0.1, -0.05) is 27.7 Å². The van der Waals surface area contributed by atoms with E-state index < -0.39 is 46.8 Å². The monoisotopic (exact) mass is 442 g/mol. The maximum absolute atomic E-state index is 11.6. The molecule has 0 aromatic carbocycles. The third-order valence-corrected chi connectivity index (χ3v) is 3.96. The highest BCUT2D eigenvalue weighted by Crippen LogP contribution is 2.31. The van der Waals surface area contributed by atoms with Gasteiger partial charge in [-0.2, -0.15) is 0 Å². The largest absolute Gasteiger partial charge is 0.457 e. The highest BCUT2D eigenvalue weighted by molar-refractivity contribution is 6.63. The molecule has 0 saturated carbocycles. The second-order valence-corrected chi connectivity index (χ2v) is 6.21. The van der Waals surface area contributed by atoms with Gasteiger partial charge in [-0.15, -0.1) is 0 Å². The van der Waals surface area contributed by atoms with Gasteiger partial charge in [-0.05, 0) is 23.2 Å². The normalized spacial score (nSPS) is 24.6. The number of rotatable bonds is 8. The van der Waals surface area contributed by atoms with Crippen LogP contribution < -0.4 is 0 Å². The molecule has 2 aliphatic rings. The Morgan fingerprint density at radius 3 is 1.32 bits per heavy atom. The molecule has 0 bridgehead atoms. The van der Waals surface area contributed by atoms with Gasteiger partial charge >= 0.3 is 11.9 Å². The minimum Gasteiger partial charge on any atom is -0.457 e. The van der Waals surface area contributed by atoms with Gasteiger partial charge in [0.05, 0.1) is 26.1 Å². The van der Waals surface area contributed by atoms with Crippen molar-refractivity contribution in [2.45, 2.75) is 77.8 Å². The first-order valence-electron chi connectivity index (χ1n) is 9.35. The molecule has 0 aliphatic carbocycles. The van der Waals surface area contributed by atoms with Crippen molar-refractivity contribution < 1.29 is 38.1 Å². The number of hydrogen-bond donors (Lipinski definition) is 0. The van der Waals surface area contributed by atoms with Gasteiger partial charge in [0.1, 0.15) is 12.2 Å². The fourth-order valence-corrected chi connectivity index (χ4v) is 2.68. The van der Waals surface area contributed by atoms with Crippen molar-refractivity contribution in [3.63, 3.8) is 0 Å². The molecule has 4 atom stereocenters. The van der Waals surface area contributed by atoms with Crippen molar-refractivity contribution in [3.05, 3.63) is 0 Å². The van der Waals surface area contributed by atoms with E-state index in [0.717, 1.165) is 0 Å². The molecule has 2 saturated heterocycles. The Kier molecular flexibility index (Phi) is 14.1. The van der Waals surface area contributed by atoms with E-state index in [1.54, 1.807) is 0 Å². The molecule has 28 heavy (non-hydrogen) atoms. The highest BCUT2D eigenvalue weighted by Gasteiger charge is 2.51. The number of fused-ring (bicyclic) bond motifs is 1. The first-order valence-corrected chi connectivity index (χ1v) is 10.1. The molecule has 0 unspecified atom stereocenters. The summed E-state index contributed by atoms with van der Waals surface area (Å²) in [5.74, 6) is -1.16. The van der Waals surface area contributed by atoms with Crippen LogP contribution >= 0.6 is 23.2 Å². The Labute approximate surface area is 175 Å². The summed E-state index contributed by atoms with van der Waals surface area (Å²) in [7, 11) is 0. The summed E-state index contributed by atoms with van der Waals surface area (Å²) >= 11 is 10.3. The van der Waals surface area contributed by atoms with E-state index in [9.17, 15) is 19.2 Å². The number of halogens is 2. The van der Waals surface area contributed by atoms with Crippen LogP contribution in [0.4, 0.5) is 0 Å². The van der Waals surface area contributed by atoms with Gasteiger partial charge in [0.2, 0.25) is 10.5 Å². The van der Waals surface area contributed by atoms with Crippen LogP contribution in [0.15, 0.2) is 0 Å². The SMILES string of the molecule is CC.CC.O=C(Cl)CCC(=O)O[C@H]1CO[C@H]2[C@@H]1OC[C@@H]2OC(=O)CCC(=O)Cl. The lowest BCUT2D eigenvalue weighted by atomic mass is 10.1. The van der Waals surface area contributed by atoms with Crippen molar-refractivity contribution >= 4 is 45.6 Å². The fourth-order valence-electron chi connectivity index (χ4n) is 2.49.